The van der Waals surface area contributed by atoms with Gasteiger partial charge in [-0.1, -0.05) is 24.3 Å². The molecule has 0 saturated heterocycles. The van der Waals surface area contributed by atoms with Crippen LogP contribution in [0.25, 0.3) is 16.5 Å². The van der Waals surface area contributed by atoms with Crippen molar-refractivity contribution < 1.29 is 4.42 Å². The van der Waals surface area contributed by atoms with Crippen molar-refractivity contribution in [2.45, 2.75) is 27.7 Å². The Morgan fingerprint density at radius 2 is 2.00 bits per heavy atom. The van der Waals surface area contributed by atoms with Crippen molar-refractivity contribution in [2.75, 3.05) is 0 Å². The van der Waals surface area contributed by atoms with Crippen molar-refractivity contribution in [3.63, 3.8) is 0 Å². The van der Waals surface area contributed by atoms with Crippen LogP contribution in [0.3, 0.4) is 0 Å². The molecule has 0 aliphatic heterocycles. The molecule has 0 atom stereocenters. The zero-order valence-electron chi connectivity index (χ0n) is 9.72. The Balaban J connectivity index is 2.80. The van der Waals surface area contributed by atoms with Crippen molar-refractivity contribution in [3.8, 4) is 0 Å². The van der Waals surface area contributed by atoms with Crippen LogP contribution >= 0.6 is 0 Å². The van der Waals surface area contributed by atoms with Gasteiger partial charge >= 0.3 is 0 Å². The number of aryl methyl sites for hydroxylation is 2. The lowest BCUT2D eigenvalue weighted by Gasteiger charge is -1.95. The molecule has 0 fully saturated rings. The summed E-state index contributed by atoms with van der Waals surface area (Å²) in [7, 11) is 0. The molecule has 0 aliphatic carbocycles. The molecule has 1 aromatic heterocycles. The number of rotatable bonds is 1. The smallest absolute Gasteiger partial charge is 0.137 e. The zero-order valence-corrected chi connectivity index (χ0v) is 9.72. The SMILES string of the molecule is C/C=C(/C)c1oc2c(C)cccc2c1C. The third-order valence-corrected chi connectivity index (χ3v) is 2.95. The number of para-hydroxylation sites is 1. The summed E-state index contributed by atoms with van der Waals surface area (Å²) in [4.78, 5) is 0. The van der Waals surface area contributed by atoms with Crippen LogP contribution in [-0.2, 0) is 0 Å². The summed E-state index contributed by atoms with van der Waals surface area (Å²) in [6.45, 7) is 8.32. The predicted molar refractivity (Wildman–Crippen MR) is 65.0 cm³/mol. The van der Waals surface area contributed by atoms with Crippen molar-refractivity contribution >= 4 is 16.5 Å². The quantitative estimate of drug-likeness (QED) is 0.661. The van der Waals surface area contributed by atoms with E-state index in [-0.39, 0.29) is 0 Å². The van der Waals surface area contributed by atoms with Gasteiger partial charge in [-0.2, -0.15) is 0 Å². The first kappa shape index (κ1) is 10.0. The summed E-state index contributed by atoms with van der Waals surface area (Å²) >= 11 is 0. The number of benzene rings is 1. The molecule has 0 unspecified atom stereocenters. The number of hydrogen-bond donors (Lipinski definition) is 0. The Kier molecular flexibility index (Phi) is 2.39. The lowest BCUT2D eigenvalue weighted by atomic mass is 10.1. The van der Waals surface area contributed by atoms with Crippen LogP contribution in [0, 0.1) is 13.8 Å². The normalized spacial score (nSPS) is 12.4. The van der Waals surface area contributed by atoms with Gasteiger partial charge in [0.05, 0.1) is 0 Å². The minimum atomic E-state index is 1.02. The Bertz CT molecular complexity index is 530. The Morgan fingerprint density at radius 3 is 2.60 bits per heavy atom. The summed E-state index contributed by atoms with van der Waals surface area (Å²) in [6.07, 6.45) is 2.08. The molecule has 0 bridgehead atoms. The van der Waals surface area contributed by atoms with E-state index in [2.05, 4.69) is 45.0 Å². The third kappa shape index (κ3) is 1.48. The van der Waals surface area contributed by atoms with Gasteiger partial charge in [-0.25, -0.2) is 0 Å². The van der Waals surface area contributed by atoms with E-state index in [4.69, 9.17) is 4.42 Å². The predicted octanol–water partition coefficient (Wildman–Crippen LogP) is 4.47. The summed E-state index contributed by atoms with van der Waals surface area (Å²) < 4.78 is 5.91. The molecule has 2 rings (SSSR count). The number of hydrogen-bond acceptors (Lipinski definition) is 1. The van der Waals surface area contributed by atoms with E-state index < -0.39 is 0 Å². The van der Waals surface area contributed by atoms with Crippen LogP contribution in [0.15, 0.2) is 28.7 Å². The van der Waals surface area contributed by atoms with E-state index in [1.54, 1.807) is 0 Å². The molecule has 0 aliphatic rings. The number of fused-ring (bicyclic) bond motifs is 1. The fraction of sp³-hybridized carbons (Fsp3) is 0.286. The first-order chi connectivity index (χ1) is 7.15. The molecular weight excluding hydrogens is 184 g/mol. The molecule has 0 saturated carbocycles. The Hall–Kier alpha value is -1.50. The van der Waals surface area contributed by atoms with Gasteiger partial charge in [0.15, 0.2) is 0 Å². The molecular formula is C14H16O. The van der Waals surface area contributed by atoms with Gasteiger partial charge in [0.1, 0.15) is 11.3 Å². The first-order valence-corrected chi connectivity index (χ1v) is 5.27. The monoisotopic (exact) mass is 200 g/mol. The number of furan rings is 1. The second kappa shape index (κ2) is 3.58. The highest BCUT2D eigenvalue weighted by Gasteiger charge is 2.12. The van der Waals surface area contributed by atoms with Crippen molar-refractivity contribution in [3.05, 3.63) is 41.2 Å². The van der Waals surface area contributed by atoms with Crippen molar-refractivity contribution in [1.29, 1.82) is 0 Å². The van der Waals surface area contributed by atoms with Crippen LogP contribution in [0.1, 0.15) is 30.7 Å². The molecule has 15 heavy (non-hydrogen) atoms. The zero-order chi connectivity index (χ0) is 11.0. The summed E-state index contributed by atoms with van der Waals surface area (Å²) in [5, 5.41) is 1.23. The molecule has 2 aromatic rings. The van der Waals surface area contributed by atoms with Crippen LogP contribution in [0.2, 0.25) is 0 Å². The molecule has 0 N–H and O–H groups in total. The van der Waals surface area contributed by atoms with E-state index in [1.165, 1.54) is 22.1 Å². The standard InChI is InChI=1S/C14H16O/c1-5-9(2)13-11(4)12-8-6-7-10(3)14(12)15-13/h5-8H,1-4H3/b9-5-. The Labute approximate surface area is 90.4 Å². The van der Waals surface area contributed by atoms with Gasteiger partial charge in [-0.15, -0.1) is 0 Å². The molecule has 1 aromatic carbocycles. The van der Waals surface area contributed by atoms with Crippen molar-refractivity contribution in [2.24, 2.45) is 0 Å². The lowest BCUT2D eigenvalue weighted by molar-refractivity contribution is 0.594. The van der Waals surface area contributed by atoms with Crippen LogP contribution < -0.4 is 0 Å². The van der Waals surface area contributed by atoms with Gasteiger partial charge in [0, 0.05) is 10.9 Å². The van der Waals surface area contributed by atoms with Crippen LogP contribution in [0.5, 0.6) is 0 Å². The average molecular weight is 200 g/mol. The molecule has 0 spiro atoms. The minimum Gasteiger partial charge on any atom is -0.456 e. The maximum Gasteiger partial charge on any atom is 0.137 e. The van der Waals surface area contributed by atoms with Gasteiger partial charge in [0.25, 0.3) is 0 Å². The van der Waals surface area contributed by atoms with E-state index in [9.17, 15) is 0 Å². The topological polar surface area (TPSA) is 13.1 Å². The molecule has 78 valence electrons. The second-order valence-electron chi connectivity index (χ2n) is 3.98. The largest absolute Gasteiger partial charge is 0.456 e. The average Bonchev–Trinajstić information content (AvgIpc) is 2.57. The molecule has 1 heterocycles. The summed E-state index contributed by atoms with van der Waals surface area (Å²) in [5.41, 5.74) is 4.66. The fourth-order valence-electron chi connectivity index (χ4n) is 1.89. The second-order valence-corrected chi connectivity index (χ2v) is 3.98. The fourth-order valence-corrected chi connectivity index (χ4v) is 1.89. The molecule has 0 amide bonds. The maximum absolute atomic E-state index is 5.91. The van der Waals surface area contributed by atoms with Crippen LogP contribution in [-0.4, -0.2) is 0 Å². The summed E-state index contributed by atoms with van der Waals surface area (Å²) in [5.74, 6) is 1.02. The minimum absolute atomic E-state index is 1.02. The van der Waals surface area contributed by atoms with E-state index >= 15 is 0 Å². The molecule has 1 nitrogen and oxygen atoms in total. The highest BCUT2D eigenvalue weighted by molar-refractivity contribution is 5.88. The molecule has 0 radical (unpaired) electrons. The van der Waals surface area contributed by atoms with Gasteiger partial charge in [-0.05, 0) is 38.8 Å². The summed E-state index contributed by atoms with van der Waals surface area (Å²) in [6, 6.07) is 6.28. The lowest BCUT2D eigenvalue weighted by Crippen LogP contribution is -1.77. The van der Waals surface area contributed by atoms with Gasteiger partial charge in [0.2, 0.25) is 0 Å². The first-order valence-electron chi connectivity index (χ1n) is 5.27. The highest BCUT2D eigenvalue weighted by atomic mass is 16.3. The van der Waals surface area contributed by atoms with E-state index in [1.807, 2.05) is 6.92 Å². The highest BCUT2D eigenvalue weighted by Crippen LogP contribution is 2.31. The van der Waals surface area contributed by atoms with Gasteiger partial charge < -0.3 is 4.42 Å². The van der Waals surface area contributed by atoms with Crippen molar-refractivity contribution in [1.82, 2.24) is 0 Å². The van der Waals surface area contributed by atoms with Gasteiger partial charge in [-0.3, -0.25) is 0 Å². The van der Waals surface area contributed by atoms with E-state index in [0.29, 0.717) is 0 Å². The third-order valence-electron chi connectivity index (χ3n) is 2.95. The number of allylic oxidation sites excluding steroid dienone is 2. The maximum atomic E-state index is 5.91. The molecule has 1 heteroatoms. The van der Waals surface area contributed by atoms with Crippen LogP contribution in [0.4, 0.5) is 0 Å². The van der Waals surface area contributed by atoms with E-state index in [0.717, 1.165) is 11.3 Å². The Morgan fingerprint density at radius 1 is 1.27 bits per heavy atom.